The standard InChI is InChI=1S/C12H9F2N5S/c1-6-17-18-11-12(16-2-3-19(6)11)20-10-8(13)4-7(15)5-9(10)14/h2-5H,15H2,1H3. The summed E-state index contributed by atoms with van der Waals surface area (Å²) >= 11 is 0.852. The van der Waals surface area contributed by atoms with Crippen LogP contribution >= 0.6 is 11.8 Å². The quantitative estimate of drug-likeness (QED) is 0.735. The minimum absolute atomic E-state index is 0.0360. The van der Waals surface area contributed by atoms with Gasteiger partial charge in [-0.2, -0.15) is 0 Å². The third-order valence-electron chi connectivity index (χ3n) is 2.68. The van der Waals surface area contributed by atoms with Crippen molar-refractivity contribution < 1.29 is 8.78 Å². The number of halogens is 2. The molecule has 2 N–H and O–H groups in total. The number of hydrogen-bond donors (Lipinski definition) is 1. The number of rotatable bonds is 2. The first kappa shape index (κ1) is 12.8. The Morgan fingerprint density at radius 3 is 2.60 bits per heavy atom. The Bertz CT molecular complexity index is 779. The molecule has 0 unspecified atom stereocenters. The van der Waals surface area contributed by atoms with Crippen molar-refractivity contribution in [2.45, 2.75) is 16.8 Å². The highest BCUT2D eigenvalue weighted by Crippen LogP contribution is 2.33. The Balaban J connectivity index is 2.10. The number of hydrogen-bond acceptors (Lipinski definition) is 5. The molecule has 0 saturated heterocycles. The largest absolute Gasteiger partial charge is 0.399 e. The number of nitrogens with two attached hydrogens (primary N) is 1. The van der Waals surface area contributed by atoms with Crippen LogP contribution in [0.3, 0.4) is 0 Å². The Labute approximate surface area is 116 Å². The van der Waals surface area contributed by atoms with Crippen LogP contribution in [0.2, 0.25) is 0 Å². The summed E-state index contributed by atoms with van der Waals surface area (Å²) in [5.74, 6) is -0.789. The average Bonchev–Trinajstić information content (AvgIpc) is 2.77. The molecule has 0 aliphatic rings. The van der Waals surface area contributed by atoms with E-state index in [4.69, 9.17) is 5.73 Å². The van der Waals surface area contributed by atoms with Gasteiger partial charge in [-0.15, -0.1) is 10.2 Å². The van der Waals surface area contributed by atoms with E-state index in [9.17, 15) is 8.78 Å². The van der Waals surface area contributed by atoms with Gasteiger partial charge in [0.25, 0.3) is 0 Å². The van der Waals surface area contributed by atoms with E-state index in [2.05, 4.69) is 15.2 Å². The Hall–Kier alpha value is -2.22. The molecule has 2 heterocycles. The number of fused-ring (bicyclic) bond motifs is 1. The second-order valence-corrected chi connectivity index (χ2v) is 5.09. The van der Waals surface area contributed by atoms with Gasteiger partial charge < -0.3 is 5.73 Å². The Kier molecular flexibility index (Phi) is 3.01. The van der Waals surface area contributed by atoms with E-state index >= 15 is 0 Å². The van der Waals surface area contributed by atoms with Crippen LogP contribution in [-0.4, -0.2) is 19.6 Å². The first-order valence-corrected chi connectivity index (χ1v) is 6.46. The molecule has 0 saturated carbocycles. The lowest BCUT2D eigenvalue weighted by atomic mass is 10.3. The summed E-state index contributed by atoms with van der Waals surface area (Å²) in [4.78, 5) is 3.93. The monoisotopic (exact) mass is 293 g/mol. The summed E-state index contributed by atoms with van der Waals surface area (Å²) < 4.78 is 29.3. The lowest BCUT2D eigenvalue weighted by Gasteiger charge is -2.06. The fourth-order valence-corrected chi connectivity index (χ4v) is 2.61. The molecule has 3 aromatic rings. The predicted octanol–water partition coefficient (Wildman–Crippen LogP) is 2.44. The minimum atomic E-state index is -0.729. The maximum Gasteiger partial charge on any atom is 0.193 e. The molecule has 3 rings (SSSR count). The molecule has 0 amide bonds. The van der Waals surface area contributed by atoms with Gasteiger partial charge in [0.05, 0.1) is 4.90 Å². The molecule has 8 heteroatoms. The number of nitrogens with zero attached hydrogens (tertiary/aromatic N) is 4. The van der Waals surface area contributed by atoms with Gasteiger partial charge >= 0.3 is 0 Å². The van der Waals surface area contributed by atoms with Crippen molar-refractivity contribution in [3.63, 3.8) is 0 Å². The van der Waals surface area contributed by atoms with Gasteiger partial charge in [-0.3, -0.25) is 4.40 Å². The Morgan fingerprint density at radius 1 is 1.20 bits per heavy atom. The number of benzene rings is 1. The lowest BCUT2D eigenvalue weighted by molar-refractivity contribution is 0.541. The van der Waals surface area contributed by atoms with Crippen molar-refractivity contribution >= 4 is 23.1 Å². The number of anilines is 1. The van der Waals surface area contributed by atoms with E-state index in [1.807, 2.05) is 0 Å². The molecule has 102 valence electrons. The highest BCUT2D eigenvalue weighted by molar-refractivity contribution is 7.99. The summed E-state index contributed by atoms with van der Waals surface area (Å²) in [6.07, 6.45) is 3.21. The van der Waals surface area contributed by atoms with Crippen LogP contribution in [0.4, 0.5) is 14.5 Å². The van der Waals surface area contributed by atoms with Crippen LogP contribution < -0.4 is 5.73 Å². The van der Waals surface area contributed by atoms with Crippen molar-refractivity contribution in [1.29, 1.82) is 0 Å². The fraction of sp³-hybridized carbons (Fsp3) is 0.0833. The zero-order chi connectivity index (χ0) is 14.3. The van der Waals surface area contributed by atoms with Gasteiger partial charge in [0.1, 0.15) is 22.5 Å². The molecule has 1 aromatic carbocycles. The molecule has 0 aliphatic carbocycles. The molecule has 0 spiro atoms. The van der Waals surface area contributed by atoms with E-state index in [1.54, 1.807) is 17.5 Å². The molecule has 0 bridgehead atoms. The summed E-state index contributed by atoms with van der Waals surface area (Å²) in [7, 11) is 0. The zero-order valence-corrected chi connectivity index (χ0v) is 11.2. The topological polar surface area (TPSA) is 69.1 Å². The maximum absolute atomic E-state index is 13.8. The lowest BCUT2D eigenvalue weighted by Crippen LogP contribution is -1.95. The first-order chi connectivity index (χ1) is 9.56. The van der Waals surface area contributed by atoms with Gasteiger partial charge in [-0.1, -0.05) is 11.8 Å². The number of nitrogen functional groups attached to an aromatic ring is 1. The third-order valence-corrected chi connectivity index (χ3v) is 3.76. The third kappa shape index (κ3) is 2.07. The maximum atomic E-state index is 13.8. The average molecular weight is 293 g/mol. The normalized spacial score (nSPS) is 11.2. The predicted molar refractivity (Wildman–Crippen MR) is 70.4 cm³/mol. The molecule has 0 fully saturated rings. The van der Waals surface area contributed by atoms with E-state index in [-0.39, 0.29) is 10.6 Å². The fourth-order valence-electron chi connectivity index (χ4n) is 1.76. The van der Waals surface area contributed by atoms with Crippen LogP contribution in [-0.2, 0) is 0 Å². The first-order valence-electron chi connectivity index (χ1n) is 5.65. The number of aryl methyl sites for hydroxylation is 1. The van der Waals surface area contributed by atoms with Crippen molar-refractivity contribution in [3.8, 4) is 0 Å². The van der Waals surface area contributed by atoms with Crippen LogP contribution in [0.5, 0.6) is 0 Å². The second kappa shape index (κ2) is 4.71. The summed E-state index contributed by atoms with van der Waals surface area (Å²) in [5, 5.41) is 8.23. The van der Waals surface area contributed by atoms with Gasteiger partial charge in [0.15, 0.2) is 5.65 Å². The smallest absolute Gasteiger partial charge is 0.193 e. The Morgan fingerprint density at radius 2 is 1.90 bits per heavy atom. The molecular formula is C12H9F2N5S. The van der Waals surface area contributed by atoms with Crippen molar-refractivity contribution in [2.75, 3.05) is 5.73 Å². The highest BCUT2D eigenvalue weighted by Gasteiger charge is 2.16. The molecule has 2 aromatic heterocycles. The van der Waals surface area contributed by atoms with Gasteiger partial charge in [-0.25, -0.2) is 13.8 Å². The molecule has 0 radical (unpaired) electrons. The van der Waals surface area contributed by atoms with E-state index in [0.29, 0.717) is 16.5 Å². The second-order valence-electron chi connectivity index (χ2n) is 4.09. The van der Waals surface area contributed by atoms with Crippen molar-refractivity contribution in [2.24, 2.45) is 0 Å². The molecule has 0 atom stereocenters. The van der Waals surface area contributed by atoms with Crippen LogP contribution in [0, 0.1) is 18.6 Å². The van der Waals surface area contributed by atoms with Crippen LogP contribution in [0.25, 0.3) is 5.65 Å². The van der Waals surface area contributed by atoms with E-state index < -0.39 is 11.6 Å². The highest BCUT2D eigenvalue weighted by atomic mass is 32.2. The van der Waals surface area contributed by atoms with Crippen molar-refractivity contribution in [1.82, 2.24) is 19.6 Å². The molecule has 5 nitrogen and oxygen atoms in total. The van der Waals surface area contributed by atoms with E-state index in [0.717, 1.165) is 23.9 Å². The summed E-state index contributed by atoms with van der Waals surface area (Å²) in [6.45, 7) is 1.78. The van der Waals surface area contributed by atoms with E-state index in [1.165, 1.54) is 6.20 Å². The van der Waals surface area contributed by atoms with Crippen molar-refractivity contribution in [3.05, 3.63) is 42.0 Å². The number of aromatic nitrogens is 4. The van der Waals surface area contributed by atoms with Gasteiger partial charge in [0.2, 0.25) is 0 Å². The van der Waals surface area contributed by atoms with Gasteiger partial charge in [-0.05, 0) is 19.1 Å². The molecule has 0 aliphatic heterocycles. The summed E-state index contributed by atoms with van der Waals surface area (Å²) in [5.41, 5.74) is 5.87. The molecule has 20 heavy (non-hydrogen) atoms. The van der Waals surface area contributed by atoms with Crippen LogP contribution in [0.15, 0.2) is 34.4 Å². The SMILES string of the molecule is Cc1nnc2c(Sc3c(F)cc(N)cc3F)nccn12. The zero-order valence-electron chi connectivity index (χ0n) is 10.3. The summed E-state index contributed by atoms with van der Waals surface area (Å²) in [6, 6.07) is 2.14. The van der Waals surface area contributed by atoms with Gasteiger partial charge in [0, 0.05) is 18.1 Å². The minimum Gasteiger partial charge on any atom is -0.399 e. The molecular weight excluding hydrogens is 284 g/mol. The van der Waals surface area contributed by atoms with Crippen LogP contribution in [0.1, 0.15) is 5.82 Å².